The molecular formula is C24H20. The van der Waals surface area contributed by atoms with Crippen molar-refractivity contribution in [2.24, 2.45) is 0 Å². The Bertz CT molecular complexity index is 861. The fourth-order valence-corrected chi connectivity index (χ4v) is 5.05. The summed E-state index contributed by atoms with van der Waals surface area (Å²) in [6.45, 7) is 6.79. The number of rotatable bonds is 2. The third-order valence-corrected chi connectivity index (χ3v) is 5.98. The Morgan fingerprint density at radius 3 is 1.50 bits per heavy atom. The highest BCUT2D eigenvalue weighted by Crippen LogP contribution is 2.61. The third kappa shape index (κ3) is 1.40. The van der Waals surface area contributed by atoms with Gasteiger partial charge in [-0.25, -0.2) is 0 Å². The van der Waals surface area contributed by atoms with E-state index in [4.69, 9.17) is 0 Å². The standard InChI is InChI=1S/C24H20/c1-3-16(2)24-20-13-7-4-10-17(20)23(18-11-5-8-14-21(18)24)19-12-6-9-15-22(19)24/h4-15,23H,2-3H2,1H3. The predicted octanol–water partition coefficient (Wildman–Crippen LogP) is 5.79. The average Bonchev–Trinajstić information content (AvgIpc) is 2.67. The van der Waals surface area contributed by atoms with Crippen LogP contribution in [0, 0.1) is 0 Å². The molecule has 0 aromatic heterocycles. The van der Waals surface area contributed by atoms with Gasteiger partial charge in [-0.2, -0.15) is 0 Å². The van der Waals surface area contributed by atoms with Crippen LogP contribution in [-0.4, -0.2) is 0 Å². The van der Waals surface area contributed by atoms with E-state index in [-0.39, 0.29) is 5.41 Å². The van der Waals surface area contributed by atoms with Crippen molar-refractivity contribution in [3.63, 3.8) is 0 Å². The van der Waals surface area contributed by atoms with E-state index in [9.17, 15) is 0 Å². The Morgan fingerprint density at radius 1 is 0.750 bits per heavy atom. The third-order valence-electron chi connectivity index (χ3n) is 5.98. The van der Waals surface area contributed by atoms with Crippen LogP contribution in [0.2, 0.25) is 0 Å². The molecule has 0 atom stereocenters. The number of allylic oxidation sites excluding steroid dienone is 1. The highest BCUT2D eigenvalue weighted by atomic mass is 14.5. The fourth-order valence-electron chi connectivity index (χ4n) is 5.05. The second-order valence-corrected chi connectivity index (χ2v) is 6.90. The molecule has 6 rings (SSSR count). The Balaban J connectivity index is 2.02. The summed E-state index contributed by atoms with van der Waals surface area (Å²) in [5.74, 6) is 0.347. The number of benzene rings is 3. The first kappa shape index (κ1) is 13.8. The summed E-state index contributed by atoms with van der Waals surface area (Å²) in [5.41, 5.74) is 9.72. The van der Waals surface area contributed by atoms with Crippen LogP contribution >= 0.6 is 0 Å². The molecule has 0 radical (unpaired) electrons. The van der Waals surface area contributed by atoms with Crippen molar-refractivity contribution in [2.45, 2.75) is 24.7 Å². The van der Waals surface area contributed by atoms with Gasteiger partial charge in [-0.1, -0.05) is 91.9 Å². The molecular weight excluding hydrogens is 288 g/mol. The molecule has 0 amide bonds. The Labute approximate surface area is 143 Å². The first-order chi connectivity index (χ1) is 11.8. The van der Waals surface area contributed by atoms with Gasteiger partial charge in [-0.15, -0.1) is 0 Å². The minimum atomic E-state index is -0.201. The van der Waals surface area contributed by atoms with E-state index in [1.807, 2.05) is 0 Å². The molecule has 0 unspecified atom stereocenters. The summed E-state index contributed by atoms with van der Waals surface area (Å²) in [7, 11) is 0. The summed E-state index contributed by atoms with van der Waals surface area (Å²) in [6.07, 6.45) is 0.974. The minimum absolute atomic E-state index is 0.201. The van der Waals surface area contributed by atoms with Gasteiger partial charge in [0.15, 0.2) is 0 Å². The summed E-state index contributed by atoms with van der Waals surface area (Å²) in [6, 6.07) is 26.9. The molecule has 0 heterocycles. The number of hydrogen-bond donors (Lipinski definition) is 0. The van der Waals surface area contributed by atoms with Crippen LogP contribution in [0.4, 0.5) is 0 Å². The molecule has 2 bridgehead atoms. The van der Waals surface area contributed by atoms with Crippen molar-refractivity contribution < 1.29 is 0 Å². The SMILES string of the molecule is C=C(CC)C12c3ccccc3C(c3ccccc31)c1ccccc12. The Hall–Kier alpha value is -2.60. The largest absolute Gasteiger partial charge is 0.0983 e. The van der Waals surface area contributed by atoms with Gasteiger partial charge >= 0.3 is 0 Å². The second kappa shape index (κ2) is 4.70. The molecule has 0 fully saturated rings. The van der Waals surface area contributed by atoms with E-state index in [1.54, 1.807) is 0 Å². The van der Waals surface area contributed by atoms with Gasteiger partial charge in [0.1, 0.15) is 0 Å². The van der Waals surface area contributed by atoms with Crippen molar-refractivity contribution in [1.82, 2.24) is 0 Å². The van der Waals surface area contributed by atoms with Crippen LogP contribution < -0.4 is 0 Å². The second-order valence-electron chi connectivity index (χ2n) is 6.90. The van der Waals surface area contributed by atoms with Gasteiger partial charge in [0.05, 0.1) is 5.41 Å². The maximum absolute atomic E-state index is 4.56. The fraction of sp³-hybridized carbons (Fsp3) is 0.167. The normalized spacial score (nSPS) is 22.5. The first-order valence-corrected chi connectivity index (χ1v) is 8.76. The summed E-state index contributed by atoms with van der Waals surface area (Å²) in [5, 5.41) is 0. The molecule has 0 saturated carbocycles. The molecule has 3 aliphatic carbocycles. The molecule has 24 heavy (non-hydrogen) atoms. The molecule has 0 spiro atoms. The zero-order valence-electron chi connectivity index (χ0n) is 13.9. The van der Waals surface area contributed by atoms with Crippen LogP contribution in [0.15, 0.2) is 84.9 Å². The van der Waals surface area contributed by atoms with Gasteiger partial charge in [-0.05, 0) is 39.8 Å². The van der Waals surface area contributed by atoms with Crippen LogP contribution in [0.1, 0.15) is 52.6 Å². The van der Waals surface area contributed by atoms with Crippen molar-refractivity contribution in [1.29, 1.82) is 0 Å². The predicted molar refractivity (Wildman–Crippen MR) is 99.6 cm³/mol. The van der Waals surface area contributed by atoms with E-state index in [2.05, 4.69) is 86.3 Å². The summed E-state index contributed by atoms with van der Waals surface area (Å²) < 4.78 is 0. The smallest absolute Gasteiger partial charge is 0.0667 e. The average molecular weight is 308 g/mol. The van der Waals surface area contributed by atoms with Gasteiger partial charge in [0.2, 0.25) is 0 Å². The van der Waals surface area contributed by atoms with Crippen molar-refractivity contribution >= 4 is 0 Å². The monoisotopic (exact) mass is 308 g/mol. The molecule has 3 aromatic rings. The van der Waals surface area contributed by atoms with Crippen molar-refractivity contribution in [2.75, 3.05) is 0 Å². The number of hydrogen-bond acceptors (Lipinski definition) is 0. The zero-order chi connectivity index (χ0) is 16.3. The zero-order valence-corrected chi connectivity index (χ0v) is 13.9. The molecule has 3 aliphatic rings. The molecule has 116 valence electrons. The van der Waals surface area contributed by atoms with Crippen molar-refractivity contribution in [3.8, 4) is 0 Å². The van der Waals surface area contributed by atoms with Gasteiger partial charge in [0, 0.05) is 5.92 Å². The maximum atomic E-state index is 4.56. The van der Waals surface area contributed by atoms with E-state index in [0.717, 1.165) is 6.42 Å². The van der Waals surface area contributed by atoms with E-state index in [0.29, 0.717) is 5.92 Å². The van der Waals surface area contributed by atoms with E-state index < -0.39 is 0 Å². The highest BCUT2D eigenvalue weighted by molar-refractivity contribution is 5.75. The molecule has 0 aliphatic heterocycles. The lowest BCUT2D eigenvalue weighted by Crippen LogP contribution is -2.43. The van der Waals surface area contributed by atoms with Gasteiger partial charge in [0.25, 0.3) is 0 Å². The van der Waals surface area contributed by atoms with Crippen LogP contribution in [-0.2, 0) is 5.41 Å². The summed E-state index contributed by atoms with van der Waals surface area (Å²) >= 11 is 0. The van der Waals surface area contributed by atoms with E-state index >= 15 is 0 Å². The maximum Gasteiger partial charge on any atom is 0.0667 e. The highest BCUT2D eigenvalue weighted by Gasteiger charge is 2.52. The first-order valence-electron chi connectivity index (χ1n) is 8.76. The molecule has 0 nitrogen and oxygen atoms in total. The van der Waals surface area contributed by atoms with Crippen LogP contribution in [0.3, 0.4) is 0 Å². The van der Waals surface area contributed by atoms with Gasteiger partial charge in [-0.3, -0.25) is 0 Å². The Morgan fingerprint density at radius 2 is 1.12 bits per heavy atom. The van der Waals surface area contributed by atoms with Gasteiger partial charge < -0.3 is 0 Å². The molecule has 3 aromatic carbocycles. The minimum Gasteiger partial charge on any atom is -0.0983 e. The lowest BCUT2D eigenvalue weighted by molar-refractivity contribution is 0.604. The lowest BCUT2D eigenvalue weighted by atomic mass is 9.50. The molecule has 0 saturated heterocycles. The van der Waals surface area contributed by atoms with Crippen LogP contribution in [0.25, 0.3) is 0 Å². The lowest BCUT2D eigenvalue weighted by Gasteiger charge is -2.51. The van der Waals surface area contributed by atoms with E-state index in [1.165, 1.54) is 39.0 Å². The summed E-state index contributed by atoms with van der Waals surface area (Å²) in [4.78, 5) is 0. The quantitative estimate of drug-likeness (QED) is 0.525. The van der Waals surface area contributed by atoms with Crippen molar-refractivity contribution in [3.05, 3.63) is 118 Å². The topological polar surface area (TPSA) is 0 Å². The molecule has 0 N–H and O–H groups in total. The molecule has 0 heteroatoms. The Kier molecular flexibility index (Phi) is 2.71. The van der Waals surface area contributed by atoms with Crippen LogP contribution in [0.5, 0.6) is 0 Å².